The molecular weight excluding hydrogens is 366 g/mol. The number of nitrogens with zero attached hydrogens (tertiary/aromatic N) is 2. The fourth-order valence-electron chi connectivity index (χ4n) is 4.60. The number of methoxy groups -OCH3 is 1. The van der Waals surface area contributed by atoms with Gasteiger partial charge in [-0.2, -0.15) is 0 Å². The van der Waals surface area contributed by atoms with Crippen LogP contribution in [0.1, 0.15) is 48.5 Å². The molecule has 1 aliphatic carbocycles. The van der Waals surface area contributed by atoms with Crippen LogP contribution in [0.15, 0.2) is 24.3 Å². The normalized spacial score (nSPS) is 19.3. The van der Waals surface area contributed by atoms with E-state index in [2.05, 4.69) is 17.1 Å². The van der Waals surface area contributed by atoms with Crippen LogP contribution in [0.2, 0.25) is 0 Å². The highest BCUT2D eigenvalue weighted by Crippen LogP contribution is 2.31. The van der Waals surface area contributed by atoms with Gasteiger partial charge in [-0.3, -0.25) is 14.5 Å². The predicted molar refractivity (Wildman–Crippen MR) is 114 cm³/mol. The molecule has 1 aromatic carbocycles. The molecule has 1 saturated heterocycles. The van der Waals surface area contributed by atoms with Crippen molar-refractivity contribution in [3.8, 4) is 0 Å². The number of benzene rings is 1. The molecule has 0 unspecified atom stereocenters. The Morgan fingerprint density at radius 1 is 1.10 bits per heavy atom. The average Bonchev–Trinajstić information content (AvgIpc) is 3.28. The molecule has 1 heterocycles. The third kappa shape index (κ3) is 5.58. The van der Waals surface area contributed by atoms with Gasteiger partial charge >= 0.3 is 0 Å². The molecule has 3 rings (SSSR count). The molecule has 2 amide bonds. The smallest absolute Gasteiger partial charge is 0.253 e. The van der Waals surface area contributed by atoms with E-state index < -0.39 is 0 Å². The number of hydrogen-bond acceptors (Lipinski definition) is 4. The monoisotopic (exact) mass is 401 g/mol. The Kier molecular flexibility index (Phi) is 8.07. The zero-order valence-electron chi connectivity index (χ0n) is 17.9. The quantitative estimate of drug-likeness (QED) is 0.679. The van der Waals surface area contributed by atoms with Crippen LogP contribution in [-0.4, -0.2) is 74.1 Å². The summed E-state index contributed by atoms with van der Waals surface area (Å²) < 4.78 is 5.07. The lowest BCUT2D eigenvalue weighted by Gasteiger charge is -2.40. The number of carbonyl (C=O) groups is 2. The Bertz CT molecular complexity index is 662. The van der Waals surface area contributed by atoms with E-state index in [4.69, 9.17) is 4.74 Å². The fraction of sp³-hybridized carbons (Fsp3) is 0.652. The Morgan fingerprint density at radius 3 is 2.34 bits per heavy atom. The van der Waals surface area contributed by atoms with E-state index in [0.717, 1.165) is 37.9 Å². The summed E-state index contributed by atoms with van der Waals surface area (Å²) in [6.07, 6.45) is 5.62. The topological polar surface area (TPSA) is 61.9 Å². The summed E-state index contributed by atoms with van der Waals surface area (Å²) in [6, 6.07) is 7.83. The van der Waals surface area contributed by atoms with Crippen LogP contribution in [0.5, 0.6) is 0 Å². The maximum absolute atomic E-state index is 12.9. The van der Waals surface area contributed by atoms with Crippen molar-refractivity contribution in [2.75, 3.05) is 46.4 Å². The highest BCUT2D eigenvalue weighted by molar-refractivity contribution is 5.94. The van der Waals surface area contributed by atoms with Crippen LogP contribution >= 0.6 is 0 Å². The number of nitrogens with one attached hydrogen (secondary N) is 1. The molecule has 1 saturated carbocycles. The van der Waals surface area contributed by atoms with Gasteiger partial charge in [-0.1, -0.05) is 31.9 Å². The molecule has 29 heavy (non-hydrogen) atoms. The van der Waals surface area contributed by atoms with Crippen molar-refractivity contribution in [2.45, 2.75) is 45.1 Å². The van der Waals surface area contributed by atoms with Crippen molar-refractivity contribution in [3.05, 3.63) is 35.4 Å². The number of hydrogen-bond donors (Lipinski definition) is 1. The van der Waals surface area contributed by atoms with Gasteiger partial charge in [0.25, 0.3) is 5.91 Å². The number of rotatable bonds is 8. The van der Waals surface area contributed by atoms with E-state index in [1.54, 1.807) is 7.11 Å². The lowest BCUT2D eigenvalue weighted by atomic mass is 9.95. The van der Waals surface area contributed by atoms with Gasteiger partial charge in [-0.05, 0) is 42.9 Å². The molecule has 0 spiro atoms. The lowest BCUT2D eigenvalue weighted by molar-refractivity contribution is -0.129. The van der Waals surface area contributed by atoms with Crippen LogP contribution in [0.4, 0.5) is 0 Å². The van der Waals surface area contributed by atoms with Gasteiger partial charge in [0.2, 0.25) is 5.91 Å². The molecule has 2 aliphatic rings. The average molecular weight is 402 g/mol. The lowest BCUT2D eigenvalue weighted by Crippen LogP contribution is -2.58. The molecule has 6 heteroatoms. The highest BCUT2D eigenvalue weighted by Gasteiger charge is 2.37. The standard InChI is InChI=1S/C23H35N3O3/c1-3-18-8-10-20(11-9-18)23(28)26-15-13-25(14-16-26)21(19-6-4-5-7-19)22(27)24-12-17-29-2/h8-11,19,21H,3-7,12-17H2,1-2H3,(H,24,27)/t21-/m0/s1. The molecule has 1 aromatic rings. The van der Waals surface area contributed by atoms with Crippen molar-refractivity contribution in [2.24, 2.45) is 5.92 Å². The summed E-state index contributed by atoms with van der Waals surface area (Å²) in [5, 5.41) is 3.04. The molecule has 1 aliphatic heterocycles. The number of piperazine rings is 1. The molecule has 0 bridgehead atoms. The zero-order chi connectivity index (χ0) is 20.6. The van der Waals surface area contributed by atoms with Gasteiger partial charge < -0.3 is 15.0 Å². The van der Waals surface area contributed by atoms with Crippen molar-refractivity contribution in [1.29, 1.82) is 0 Å². The summed E-state index contributed by atoms with van der Waals surface area (Å²) in [6.45, 7) is 6.02. The first-order valence-electron chi connectivity index (χ1n) is 11.0. The minimum absolute atomic E-state index is 0.0876. The summed E-state index contributed by atoms with van der Waals surface area (Å²) in [4.78, 5) is 30.0. The maximum atomic E-state index is 12.9. The second-order valence-corrected chi connectivity index (χ2v) is 8.15. The summed E-state index contributed by atoms with van der Waals surface area (Å²) >= 11 is 0. The van der Waals surface area contributed by atoms with Crippen LogP contribution < -0.4 is 5.32 Å². The molecular formula is C23H35N3O3. The third-order valence-electron chi connectivity index (χ3n) is 6.32. The van der Waals surface area contributed by atoms with Gasteiger partial charge in [0.15, 0.2) is 0 Å². The van der Waals surface area contributed by atoms with E-state index in [1.165, 1.54) is 18.4 Å². The first-order chi connectivity index (χ1) is 14.1. The van der Waals surface area contributed by atoms with Crippen LogP contribution in [0.25, 0.3) is 0 Å². The second kappa shape index (κ2) is 10.7. The SMILES string of the molecule is CCc1ccc(C(=O)N2CCN([C@H](C(=O)NCCOC)C3CCCC3)CC2)cc1. The van der Waals surface area contributed by atoms with Gasteiger partial charge in [-0.15, -0.1) is 0 Å². The van der Waals surface area contributed by atoms with Crippen LogP contribution in [-0.2, 0) is 16.0 Å². The molecule has 1 atom stereocenters. The van der Waals surface area contributed by atoms with Crippen LogP contribution in [0, 0.1) is 5.92 Å². The van der Waals surface area contributed by atoms with Gasteiger partial charge in [0, 0.05) is 45.4 Å². The van der Waals surface area contributed by atoms with Crippen molar-refractivity contribution >= 4 is 11.8 Å². The van der Waals surface area contributed by atoms with Crippen LogP contribution in [0.3, 0.4) is 0 Å². The number of carbonyl (C=O) groups excluding carboxylic acids is 2. The Balaban J connectivity index is 1.59. The summed E-state index contributed by atoms with van der Waals surface area (Å²) in [7, 11) is 1.65. The largest absolute Gasteiger partial charge is 0.383 e. The first kappa shape index (κ1) is 21.8. The molecule has 6 nitrogen and oxygen atoms in total. The maximum Gasteiger partial charge on any atom is 0.253 e. The Labute approximate surface area is 174 Å². The van der Waals surface area contributed by atoms with Gasteiger partial charge in [0.1, 0.15) is 0 Å². The number of aryl methyl sites for hydroxylation is 1. The molecule has 0 radical (unpaired) electrons. The predicted octanol–water partition coefficient (Wildman–Crippen LogP) is 2.33. The van der Waals surface area contributed by atoms with E-state index in [0.29, 0.717) is 32.2 Å². The zero-order valence-corrected chi connectivity index (χ0v) is 17.9. The molecule has 160 valence electrons. The molecule has 0 aromatic heterocycles. The van der Waals surface area contributed by atoms with E-state index in [-0.39, 0.29) is 17.9 Å². The highest BCUT2D eigenvalue weighted by atomic mass is 16.5. The fourth-order valence-corrected chi connectivity index (χ4v) is 4.60. The first-order valence-corrected chi connectivity index (χ1v) is 11.0. The molecule has 1 N–H and O–H groups in total. The summed E-state index contributed by atoms with van der Waals surface area (Å²) in [5.74, 6) is 0.625. The van der Waals surface area contributed by atoms with Crippen molar-refractivity contribution in [3.63, 3.8) is 0 Å². The van der Waals surface area contributed by atoms with Crippen molar-refractivity contribution < 1.29 is 14.3 Å². The van der Waals surface area contributed by atoms with Gasteiger partial charge in [0.05, 0.1) is 12.6 Å². The van der Waals surface area contributed by atoms with E-state index in [9.17, 15) is 9.59 Å². The number of amides is 2. The minimum atomic E-state index is -0.0876. The number of ether oxygens (including phenoxy) is 1. The van der Waals surface area contributed by atoms with E-state index >= 15 is 0 Å². The second-order valence-electron chi connectivity index (χ2n) is 8.15. The third-order valence-corrected chi connectivity index (χ3v) is 6.32. The molecule has 2 fully saturated rings. The Hall–Kier alpha value is -1.92. The minimum Gasteiger partial charge on any atom is -0.383 e. The Morgan fingerprint density at radius 2 is 1.76 bits per heavy atom. The summed E-state index contributed by atoms with van der Waals surface area (Å²) in [5.41, 5.74) is 1.99. The van der Waals surface area contributed by atoms with Gasteiger partial charge in [-0.25, -0.2) is 0 Å². The van der Waals surface area contributed by atoms with Crippen molar-refractivity contribution in [1.82, 2.24) is 15.1 Å². The van der Waals surface area contributed by atoms with E-state index in [1.807, 2.05) is 29.2 Å².